The third kappa shape index (κ3) is 2.45. The minimum absolute atomic E-state index is 0.0241. The number of rotatable bonds is 4. The highest BCUT2D eigenvalue weighted by molar-refractivity contribution is 7.99. The van der Waals surface area contributed by atoms with Crippen molar-refractivity contribution in [3.05, 3.63) is 42.0 Å². The number of nitrogens with zero attached hydrogens (tertiary/aromatic N) is 3. The Morgan fingerprint density at radius 1 is 1.30 bits per heavy atom. The van der Waals surface area contributed by atoms with Crippen LogP contribution in [-0.4, -0.2) is 32.1 Å². The van der Waals surface area contributed by atoms with Gasteiger partial charge in [-0.1, -0.05) is 35.5 Å². The fourth-order valence-corrected chi connectivity index (χ4v) is 3.06. The zero-order valence-corrected chi connectivity index (χ0v) is 11.3. The van der Waals surface area contributed by atoms with Crippen LogP contribution in [0.3, 0.4) is 0 Å². The number of fused-ring (bicyclic) bond motifs is 1. The number of hydrogen-bond acceptors (Lipinski definition) is 6. The number of nitrogen functional groups attached to an aromatic ring is 1. The molecule has 0 bridgehead atoms. The Labute approximate surface area is 119 Å². The Balaban J connectivity index is 1.97. The van der Waals surface area contributed by atoms with E-state index in [4.69, 9.17) is 5.73 Å². The number of aromatic amines is 1. The van der Waals surface area contributed by atoms with Crippen LogP contribution in [0.2, 0.25) is 0 Å². The van der Waals surface area contributed by atoms with Gasteiger partial charge >= 0.3 is 0 Å². The van der Waals surface area contributed by atoms with Gasteiger partial charge in [0.2, 0.25) is 0 Å². The van der Waals surface area contributed by atoms with Gasteiger partial charge in [-0.05, 0) is 11.6 Å². The molecule has 0 spiro atoms. The lowest BCUT2D eigenvalue weighted by molar-refractivity contribution is 0.296. The molecule has 1 aromatic carbocycles. The molecule has 2 aromatic heterocycles. The van der Waals surface area contributed by atoms with Crippen LogP contribution < -0.4 is 5.73 Å². The van der Waals surface area contributed by atoms with Crippen molar-refractivity contribution in [1.29, 1.82) is 0 Å². The molecule has 3 aromatic rings. The monoisotopic (exact) mass is 287 g/mol. The van der Waals surface area contributed by atoms with Crippen LogP contribution in [0.15, 0.2) is 41.3 Å². The van der Waals surface area contributed by atoms with Crippen LogP contribution in [0.5, 0.6) is 0 Å². The number of aromatic nitrogens is 4. The molecule has 0 amide bonds. The predicted octanol–water partition coefficient (Wildman–Crippen LogP) is 1.76. The lowest BCUT2D eigenvalue weighted by Crippen LogP contribution is -2.00. The molecular weight excluding hydrogens is 274 g/mol. The molecule has 0 radical (unpaired) electrons. The Kier molecular flexibility index (Phi) is 3.53. The number of aliphatic hydroxyl groups is 1. The smallest absolute Gasteiger partial charge is 0.179 e. The van der Waals surface area contributed by atoms with Gasteiger partial charge in [0.05, 0.1) is 11.9 Å². The summed E-state index contributed by atoms with van der Waals surface area (Å²) in [6, 6.07) is 11.6. The summed E-state index contributed by atoms with van der Waals surface area (Å²) in [4.78, 5) is 4.97. The van der Waals surface area contributed by atoms with E-state index in [0.717, 1.165) is 10.5 Å². The summed E-state index contributed by atoms with van der Waals surface area (Å²) in [7, 11) is 0. The Morgan fingerprint density at radius 3 is 2.85 bits per heavy atom. The summed E-state index contributed by atoms with van der Waals surface area (Å²) in [6.07, 6.45) is 0. The minimum Gasteiger partial charge on any atom is -0.395 e. The number of H-pyrrole nitrogens is 1. The molecule has 4 N–H and O–H groups in total. The molecule has 20 heavy (non-hydrogen) atoms. The first kappa shape index (κ1) is 12.9. The van der Waals surface area contributed by atoms with Crippen LogP contribution in [0.25, 0.3) is 11.2 Å². The largest absolute Gasteiger partial charge is 0.395 e. The maximum Gasteiger partial charge on any atom is 0.179 e. The van der Waals surface area contributed by atoms with Crippen LogP contribution in [0, 0.1) is 0 Å². The van der Waals surface area contributed by atoms with Gasteiger partial charge in [0.1, 0.15) is 11.3 Å². The fraction of sp³-hybridized carbons (Fsp3) is 0.154. The van der Waals surface area contributed by atoms with E-state index in [1.54, 1.807) is 6.07 Å². The zero-order chi connectivity index (χ0) is 13.9. The SMILES string of the molecule is Nc1cc(SC(CO)c2ccccc2)c2nn[nH]c2n1. The van der Waals surface area contributed by atoms with Crippen molar-refractivity contribution in [2.75, 3.05) is 12.3 Å². The van der Waals surface area contributed by atoms with Gasteiger partial charge < -0.3 is 10.8 Å². The minimum atomic E-state index is -0.0853. The van der Waals surface area contributed by atoms with E-state index in [-0.39, 0.29) is 11.9 Å². The molecule has 0 saturated heterocycles. The van der Waals surface area contributed by atoms with E-state index in [9.17, 15) is 5.11 Å². The zero-order valence-electron chi connectivity index (χ0n) is 10.5. The number of aliphatic hydroxyl groups excluding tert-OH is 1. The quantitative estimate of drug-likeness (QED) is 0.632. The standard InChI is InChI=1S/C13H13N5OS/c14-11-6-9(12-13(15-11)17-18-16-12)20-10(7-19)8-4-2-1-3-5-8/h1-6,10,19H,7H2,(H3,14,15,16,17,18). The van der Waals surface area contributed by atoms with Crippen molar-refractivity contribution >= 4 is 28.7 Å². The molecule has 6 nitrogen and oxygen atoms in total. The lowest BCUT2D eigenvalue weighted by Gasteiger charge is -2.14. The molecular formula is C13H13N5OS. The third-order valence-electron chi connectivity index (χ3n) is 2.89. The first-order valence-corrected chi connectivity index (χ1v) is 6.95. The van der Waals surface area contributed by atoms with Crippen molar-refractivity contribution < 1.29 is 5.11 Å². The van der Waals surface area contributed by atoms with Crippen LogP contribution in [-0.2, 0) is 0 Å². The average Bonchev–Trinajstić information content (AvgIpc) is 2.93. The number of nitrogens with two attached hydrogens (primary N) is 1. The normalized spacial score (nSPS) is 12.7. The molecule has 1 unspecified atom stereocenters. The molecule has 1 atom stereocenters. The summed E-state index contributed by atoms with van der Waals surface area (Å²) in [5.74, 6) is 0.399. The topological polar surface area (TPSA) is 101 Å². The van der Waals surface area contributed by atoms with Crippen LogP contribution in [0.1, 0.15) is 10.8 Å². The van der Waals surface area contributed by atoms with Gasteiger partial charge in [-0.25, -0.2) is 10.1 Å². The Hall–Kier alpha value is -2.12. The number of nitrogens with one attached hydrogen (secondary N) is 1. The Bertz CT molecular complexity index is 715. The third-order valence-corrected chi connectivity index (χ3v) is 4.16. The molecule has 0 fully saturated rings. The molecule has 3 rings (SSSR count). The second-order valence-corrected chi connectivity index (χ2v) is 5.50. The number of anilines is 1. The molecule has 2 heterocycles. The van der Waals surface area contributed by atoms with Crippen LogP contribution in [0.4, 0.5) is 5.82 Å². The van der Waals surface area contributed by atoms with Gasteiger partial charge in [-0.2, -0.15) is 0 Å². The van der Waals surface area contributed by atoms with Crippen molar-refractivity contribution in [3.8, 4) is 0 Å². The van der Waals surface area contributed by atoms with E-state index in [1.165, 1.54) is 11.8 Å². The second-order valence-electron chi connectivity index (χ2n) is 4.25. The van der Waals surface area contributed by atoms with Gasteiger partial charge in [0.15, 0.2) is 5.65 Å². The van der Waals surface area contributed by atoms with E-state index >= 15 is 0 Å². The number of thioether (sulfide) groups is 1. The summed E-state index contributed by atoms with van der Waals surface area (Å²) < 4.78 is 0. The molecule has 0 aliphatic heterocycles. The number of benzene rings is 1. The lowest BCUT2D eigenvalue weighted by atomic mass is 10.2. The highest BCUT2D eigenvalue weighted by Gasteiger charge is 2.16. The summed E-state index contributed by atoms with van der Waals surface area (Å²) in [5, 5.41) is 20.0. The number of hydrogen-bond donors (Lipinski definition) is 3. The summed E-state index contributed by atoms with van der Waals surface area (Å²) in [5.41, 5.74) is 8.04. The highest BCUT2D eigenvalue weighted by Crippen LogP contribution is 2.37. The summed E-state index contributed by atoms with van der Waals surface area (Å²) in [6.45, 7) is 0.0241. The average molecular weight is 287 g/mol. The first-order valence-electron chi connectivity index (χ1n) is 6.07. The van der Waals surface area contributed by atoms with Crippen LogP contribution >= 0.6 is 11.8 Å². The van der Waals surface area contributed by atoms with Gasteiger partial charge in [-0.15, -0.1) is 16.9 Å². The first-order chi connectivity index (χ1) is 9.78. The Morgan fingerprint density at radius 2 is 2.10 bits per heavy atom. The molecule has 102 valence electrons. The molecule has 0 saturated carbocycles. The number of pyridine rings is 1. The van der Waals surface area contributed by atoms with Gasteiger partial charge in [0.25, 0.3) is 0 Å². The van der Waals surface area contributed by atoms with Crippen molar-refractivity contribution in [3.63, 3.8) is 0 Å². The second kappa shape index (κ2) is 5.48. The van der Waals surface area contributed by atoms with Crippen molar-refractivity contribution in [2.24, 2.45) is 0 Å². The van der Waals surface area contributed by atoms with Gasteiger partial charge in [-0.3, -0.25) is 0 Å². The van der Waals surface area contributed by atoms with E-state index in [0.29, 0.717) is 17.0 Å². The molecule has 0 aliphatic carbocycles. The van der Waals surface area contributed by atoms with Gasteiger partial charge in [0, 0.05) is 4.90 Å². The van der Waals surface area contributed by atoms with E-state index in [1.807, 2.05) is 30.3 Å². The maximum absolute atomic E-state index is 9.62. The van der Waals surface area contributed by atoms with E-state index < -0.39 is 0 Å². The maximum atomic E-state index is 9.62. The van der Waals surface area contributed by atoms with Crippen molar-refractivity contribution in [1.82, 2.24) is 20.4 Å². The molecule has 0 aliphatic rings. The van der Waals surface area contributed by atoms with E-state index in [2.05, 4.69) is 20.4 Å². The predicted molar refractivity (Wildman–Crippen MR) is 78.2 cm³/mol. The molecule has 7 heteroatoms. The highest BCUT2D eigenvalue weighted by atomic mass is 32.2. The fourth-order valence-electron chi connectivity index (χ4n) is 1.95. The van der Waals surface area contributed by atoms with Crippen molar-refractivity contribution in [2.45, 2.75) is 10.1 Å². The summed E-state index contributed by atoms with van der Waals surface area (Å²) >= 11 is 1.50.